The van der Waals surface area contributed by atoms with Crippen molar-refractivity contribution in [3.05, 3.63) is 28.8 Å². The Balaban J connectivity index is 2.47. The highest BCUT2D eigenvalue weighted by atomic mass is 35.5. The van der Waals surface area contributed by atoms with E-state index in [9.17, 15) is 13.2 Å². The molecule has 0 fully saturated rings. The summed E-state index contributed by atoms with van der Waals surface area (Å²) in [7, 11) is -4.03. The molecule has 1 aliphatic rings. The Labute approximate surface area is 109 Å². The Bertz CT molecular complexity index is 586. The number of ether oxygens (including phenoxy) is 1. The van der Waals surface area contributed by atoms with E-state index in [2.05, 4.69) is 4.72 Å². The number of hydrogen-bond donors (Lipinski definition) is 1. The van der Waals surface area contributed by atoms with Crippen LogP contribution in [0.4, 0.5) is 0 Å². The van der Waals surface area contributed by atoms with Gasteiger partial charge in [-0.3, -0.25) is 0 Å². The van der Waals surface area contributed by atoms with Gasteiger partial charge in [-0.05, 0) is 13.0 Å². The summed E-state index contributed by atoms with van der Waals surface area (Å²) in [6.45, 7) is 1.79. The first-order valence-electron chi connectivity index (χ1n) is 5.11. The van der Waals surface area contributed by atoms with Gasteiger partial charge in [0.25, 0.3) is 0 Å². The maximum Gasteiger partial charge on any atom is 0.383 e. The van der Waals surface area contributed by atoms with Gasteiger partial charge in [-0.25, -0.2) is 4.79 Å². The van der Waals surface area contributed by atoms with Crippen LogP contribution < -0.4 is 8.91 Å². The molecule has 2 rings (SSSR count). The monoisotopic (exact) mass is 291 g/mol. The number of esters is 1. The first-order chi connectivity index (χ1) is 8.43. The molecule has 0 radical (unpaired) electrons. The van der Waals surface area contributed by atoms with E-state index in [0.717, 1.165) is 0 Å². The maximum atomic E-state index is 11.7. The molecule has 0 saturated heterocycles. The molecule has 0 saturated carbocycles. The van der Waals surface area contributed by atoms with E-state index >= 15 is 0 Å². The summed E-state index contributed by atoms with van der Waals surface area (Å²) < 4.78 is 34.5. The number of carbonyl (C=O) groups is 1. The van der Waals surface area contributed by atoms with Gasteiger partial charge < -0.3 is 8.92 Å². The van der Waals surface area contributed by atoms with Gasteiger partial charge in [0.1, 0.15) is 0 Å². The molecule has 0 unspecified atom stereocenters. The molecule has 0 aromatic heterocycles. The van der Waals surface area contributed by atoms with Crippen LogP contribution in [0, 0.1) is 0 Å². The lowest BCUT2D eigenvalue weighted by atomic mass is 10.1. The van der Waals surface area contributed by atoms with Crippen LogP contribution in [0.2, 0.25) is 5.02 Å². The minimum atomic E-state index is -4.03. The van der Waals surface area contributed by atoms with Gasteiger partial charge in [-0.15, -0.1) is 0 Å². The predicted octanol–water partition coefficient (Wildman–Crippen LogP) is 1.17. The summed E-state index contributed by atoms with van der Waals surface area (Å²) in [4.78, 5) is 11.7. The molecule has 18 heavy (non-hydrogen) atoms. The van der Waals surface area contributed by atoms with Crippen molar-refractivity contribution in [2.45, 2.75) is 13.0 Å². The standard InChI is InChI=1S/C10H10ClNO5S/c1-2-16-10(13)9-7-4-3-6(11)5-8(7)17-18(14,15)12-9/h3-5,9,12H,2H2,1H3/t9-/m1/s1. The number of hydrogen-bond acceptors (Lipinski definition) is 5. The van der Waals surface area contributed by atoms with Gasteiger partial charge >= 0.3 is 16.3 Å². The largest absolute Gasteiger partial charge is 0.465 e. The van der Waals surface area contributed by atoms with Crippen molar-refractivity contribution >= 4 is 27.9 Å². The molecule has 1 heterocycles. The SMILES string of the molecule is CCOC(=O)[C@@H]1NS(=O)(=O)Oc2cc(Cl)ccc21. The molecule has 0 bridgehead atoms. The fraction of sp³-hybridized carbons (Fsp3) is 0.300. The quantitative estimate of drug-likeness (QED) is 0.827. The summed E-state index contributed by atoms with van der Waals surface area (Å²) in [5.74, 6) is -0.660. The van der Waals surface area contributed by atoms with E-state index in [1.165, 1.54) is 18.2 Å². The van der Waals surface area contributed by atoms with Crippen LogP contribution in [0.15, 0.2) is 18.2 Å². The summed E-state index contributed by atoms with van der Waals surface area (Å²) in [6.07, 6.45) is 0. The number of carbonyl (C=O) groups excluding carboxylic acids is 1. The lowest BCUT2D eigenvalue weighted by Gasteiger charge is -2.24. The Morgan fingerprint density at radius 3 is 2.94 bits per heavy atom. The third kappa shape index (κ3) is 2.58. The first-order valence-corrected chi connectivity index (χ1v) is 6.89. The summed E-state index contributed by atoms with van der Waals surface area (Å²) >= 11 is 5.75. The Hall–Kier alpha value is -1.31. The van der Waals surface area contributed by atoms with Crippen LogP contribution in [0.25, 0.3) is 0 Å². The fourth-order valence-electron chi connectivity index (χ4n) is 1.57. The predicted molar refractivity (Wildman–Crippen MR) is 63.5 cm³/mol. The zero-order valence-electron chi connectivity index (χ0n) is 9.34. The lowest BCUT2D eigenvalue weighted by Crippen LogP contribution is -2.41. The highest BCUT2D eigenvalue weighted by molar-refractivity contribution is 7.85. The van der Waals surface area contributed by atoms with Crippen molar-refractivity contribution in [3.8, 4) is 5.75 Å². The second kappa shape index (κ2) is 4.75. The van der Waals surface area contributed by atoms with Crippen LogP contribution in [0.1, 0.15) is 18.5 Å². The second-order valence-electron chi connectivity index (χ2n) is 3.52. The minimum Gasteiger partial charge on any atom is -0.465 e. The molecular formula is C10H10ClNO5S. The third-order valence-electron chi connectivity index (χ3n) is 2.27. The van der Waals surface area contributed by atoms with Crippen LogP contribution >= 0.6 is 11.6 Å². The Kier molecular flexibility index (Phi) is 3.47. The number of halogens is 1. The summed E-state index contributed by atoms with van der Waals surface area (Å²) in [6, 6.07) is 3.27. The fourth-order valence-corrected chi connectivity index (χ4v) is 2.67. The molecule has 0 spiro atoms. The number of fused-ring (bicyclic) bond motifs is 1. The zero-order valence-corrected chi connectivity index (χ0v) is 10.9. The molecule has 1 atom stereocenters. The van der Waals surface area contributed by atoms with E-state index in [1.54, 1.807) is 6.92 Å². The molecule has 1 N–H and O–H groups in total. The Morgan fingerprint density at radius 2 is 2.28 bits per heavy atom. The molecule has 98 valence electrons. The van der Waals surface area contributed by atoms with Crippen LogP contribution in [-0.2, 0) is 19.8 Å². The van der Waals surface area contributed by atoms with Gasteiger partial charge in [-0.1, -0.05) is 17.7 Å². The highest BCUT2D eigenvalue weighted by Crippen LogP contribution is 2.33. The normalized spacial score (nSPS) is 20.7. The van der Waals surface area contributed by atoms with E-state index in [0.29, 0.717) is 10.6 Å². The molecule has 0 aliphatic carbocycles. The Morgan fingerprint density at radius 1 is 1.56 bits per heavy atom. The summed E-state index contributed by atoms with van der Waals surface area (Å²) in [5.41, 5.74) is 0.368. The smallest absolute Gasteiger partial charge is 0.383 e. The number of rotatable bonds is 2. The van der Waals surface area contributed by atoms with Crippen molar-refractivity contribution in [2.75, 3.05) is 6.61 Å². The van der Waals surface area contributed by atoms with Gasteiger partial charge in [0.15, 0.2) is 11.8 Å². The van der Waals surface area contributed by atoms with Gasteiger partial charge in [0.05, 0.1) is 6.61 Å². The van der Waals surface area contributed by atoms with Gasteiger partial charge in [0.2, 0.25) is 0 Å². The molecule has 6 nitrogen and oxygen atoms in total. The topological polar surface area (TPSA) is 81.7 Å². The van der Waals surface area contributed by atoms with Crippen LogP contribution in [0.5, 0.6) is 5.75 Å². The maximum absolute atomic E-state index is 11.7. The average molecular weight is 292 g/mol. The molecule has 1 aliphatic heterocycles. The van der Waals surface area contributed by atoms with Crippen molar-refractivity contribution in [2.24, 2.45) is 0 Å². The number of benzene rings is 1. The summed E-state index contributed by atoms with van der Waals surface area (Å²) in [5, 5.41) is 0.313. The van der Waals surface area contributed by atoms with E-state index in [-0.39, 0.29) is 12.4 Å². The van der Waals surface area contributed by atoms with Crippen molar-refractivity contribution in [1.29, 1.82) is 0 Å². The minimum absolute atomic E-state index is 0.0271. The molecule has 1 aromatic rings. The van der Waals surface area contributed by atoms with Crippen LogP contribution in [0.3, 0.4) is 0 Å². The van der Waals surface area contributed by atoms with Crippen molar-refractivity contribution < 1.29 is 22.1 Å². The molecule has 1 aromatic carbocycles. The first kappa shape index (κ1) is 13.1. The molecule has 0 amide bonds. The van der Waals surface area contributed by atoms with Crippen molar-refractivity contribution in [3.63, 3.8) is 0 Å². The molecule has 8 heteroatoms. The van der Waals surface area contributed by atoms with Crippen molar-refractivity contribution in [1.82, 2.24) is 4.72 Å². The second-order valence-corrected chi connectivity index (χ2v) is 5.27. The van der Waals surface area contributed by atoms with E-state index < -0.39 is 22.3 Å². The average Bonchev–Trinajstić information content (AvgIpc) is 2.26. The number of nitrogens with one attached hydrogen (secondary N) is 1. The molecular weight excluding hydrogens is 282 g/mol. The van der Waals surface area contributed by atoms with E-state index in [1.807, 2.05) is 0 Å². The van der Waals surface area contributed by atoms with Crippen LogP contribution in [-0.4, -0.2) is 21.0 Å². The van der Waals surface area contributed by atoms with Gasteiger partial charge in [0, 0.05) is 16.7 Å². The van der Waals surface area contributed by atoms with E-state index in [4.69, 9.17) is 20.5 Å². The highest BCUT2D eigenvalue weighted by Gasteiger charge is 2.36. The lowest BCUT2D eigenvalue weighted by molar-refractivity contribution is -0.145. The third-order valence-corrected chi connectivity index (χ3v) is 3.43. The van der Waals surface area contributed by atoms with Gasteiger partial charge in [-0.2, -0.15) is 13.1 Å². The zero-order chi connectivity index (χ0) is 13.3.